The fraction of sp³-hybridized carbons (Fsp3) is 0.500. The molecule has 0 saturated carbocycles. The molecule has 5 rings (SSSR count). The number of hydrogen-bond acceptors (Lipinski definition) is 5. The zero-order valence-electron chi connectivity index (χ0n) is 16.4. The molecule has 29 heavy (non-hydrogen) atoms. The summed E-state index contributed by atoms with van der Waals surface area (Å²) in [5.41, 5.74) is 2.16. The minimum absolute atomic E-state index is 0.0622. The highest BCUT2D eigenvalue weighted by atomic mass is 32.1. The number of fused-ring (bicyclic) bond motifs is 2. The lowest BCUT2D eigenvalue weighted by Crippen LogP contribution is -2.49. The Bertz CT molecular complexity index is 905. The van der Waals surface area contributed by atoms with E-state index in [2.05, 4.69) is 16.4 Å². The Morgan fingerprint density at radius 1 is 1.24 bits per heavy atom. The smallest absolute Gasteiger partial charge is 0.227 e. The fourth-order valence-corrected chi connectivity index (χ4v) is 5.87. The minimum Gasteiger partial charge on any atom is -0.370 e. The van der Waals surface area contributed by atoms with Gasteiger partial charge in [0, 0.05) is 56.3 Å². The van der Waals surface area contributed by atoms with Crippen molar-refractivity contribution in [2.45, 2.75) is 37.8 Å². The summed E-state index contributed by atoms with van der Waals surface area (Å²) >= 11 is 1.81. The molecule has 1 unspecified atom stereocenters. The first-order valence-electron chi connectivity index (χ1n) is 10.3. The summed E-state index contributed by atoms with van der Waals surface area (Å²) in [5.74, 6) is -0.0543. The van der Waals surface area contributed by atoms with Gasteiger partial charge in [-0.2, -0.15) is 0 Å². The van der Waals surface area contributed by atoms with Gasteiger partial charge in [-0.25, -0.2) is 0 Å². The second-order valence-corrected chi connectivity index (χ2v) is 9.21. The van der Waals surface area contributed by atoms with Gasteiger partial charge in [0.25, 0.3) is 0 Å². The number of hydrogen-bond donors (Lipinski definition) is 0. The molecule has 6 nitrogen and oxygen atoms in total. The van der Waals surface area contributed by atoms with Gasteiger partial charge in [-0.15, -0.1) is 11.3 Å². The van der Waals surface area contributed by atoms with Gasteiger partial charge < -0.3 is 14.5 Å². The van der Waals surface area contributed by atoms with Gasteiger partial charge in [0.15, 0.2) is 0 Å². The predicted octanol–water partition coefficient (Wildman–Crippen LogP) is 2.58. The molecule has 3 aliphatic heterocycles. The van der Waals surface area contributed by atoms with E-state index >= 15 is 0 Å². The number of ether oxygens (including phenoxy) is 1. The Morgan fingerprint density at radius 3 is 2.83 bits per heavy atom. The van der Waals surface area contributed by atoms with Crippen LogP contribution in [0.5, 0.6) is 0 Å². The third-order valence-corrected chi connectivity index (χ3v) is 7.49. The molecule has 2 amide bonds. The zero-order valence-corrected chi connectivity index (χ0v) is 17.2. The first-order chi connectivity index (χ1) is 14.1. The van der Waals surface area contributed by atoms with E-state index in [9.17, 15) is 9.59 Å². The van der Waals surface area contributed by atoms with Gasteiger partial charge in [-0.3, -0.25) is 14.6 Å². The first kappa shape index (κ1) is 18.8. The third kappa shape index (κ3) is 3.46. The Hall–Kier alpha value is -2.25. The van der Waals surface area contributed by atoms with Crippen molar-refractivity contribution in [1.82, 2.24) is 14.8 Å². The minimum atomic E-state index is -0.234. The number of amides is 2. The van der Waals surface area contributed by atoms with E-state index in [1.807, 2.05) is 28.4 Å². The first-order valence-corrected chi connectivity index (χ1v) is 11.2. The average Bonchev–Trinajstić information content (AvgIpc) is 3.37. The number of thiophene rings is 1. The van der Waals surface area contributed by atoms with E-state index in [1.165, 1.54) is 10.4 Å². The summed E-state index contributed by atoms with van der Waals surface area (Å²) in [6.45, 7) is 3.21. The summed E-state index contributed by atoms with van der Waals surface area (Å²) in [7, 11) is 0. The number of carbonyl (C=O) groups is 2. The molecule has 152 valence electrons. The standard InChI is InChI=1S/C22H25N3O3S/c26-20-13-17(15-25(20)14-16-1-7-23-8-2-16)21(27)24-9-5-22(6-10-24)18-4-12-29-19(18)3-11-28-22/h1-2,4,7-8,12,17H,3,5-6,9-11,13-15H2. The molecular formula is C22H25N3O3S. The van der Waals surface area contributed by atoms with Crippen LogP contribution in [0.1, 0.15) is 35.3 Å². The normalized spacial score (nSPS) is 23.4. The zero-order chi connectivity index (χ0) is 19.8. The van der Waals surface area contributed by atoms with Crippen LogP contribution in [-0.4, -0.2) is 52.8 Å². The van der Waals surface area contributed by atoms with E-state index in [1.54, 1.807) is 17.3 Å². The molecule has 1 spiro atoms. The molecule has 0 N–H and O–H groups in total. The summed E-state index contributed by atoms with van der Waals surface area (Å²) in [6.07, 6.45) is 6.45. The van der Waals surface area contributed by atoms with Crippen LogP contribution in [0.2, 0.25) is 0 Å². The maximum absolute atomic E-state index is 13.1. The van der Waals surface area contributed by atoms with Crippen LogP contribution >= 0.6 is 11.3 Å². The topological polar surface area (TPSA) is 62.7 Å². The van der Waals surface area contributed by atoms with Gasteiger partial charge in [0.2, 0.25) is 11.8 Å². The Kier molecular flexibility index (Phi) is 4.87. The Balaban J connectivity index is 1.21. The molecule has 3 aliphatic rings. The largest absolute Gasteiger partial charge is 0.370 e. The van der Waals surface area contributed by atoms with Crippen LogP contribution < -0.4 is 0 Å². The van der Waals surface area contributed by atoms with Crippen molar-refractivity contribution in [2.24, 2.45) is 5.92 Å². The van der Waals surface area contributed by atoms with Crippen LogP contribution in [0.15, 0.2) is 36.0 Å². The van der Waals surface area contributed by atoms with Crippen molar-refractivity contribution in [2.75, 3.05) is 26.2 Å². The van der Waals surface area contributed by atoms with Gasteiger partial charge in [-0.1, -0.05) is 0 Å². The number of rotatable bonds is 3. The number of likely N-dealkylation sites (tertiary alicyclic amines) is 2. The van der Waals surface area contributed by atoms with Crippen molar-refractivity contribution in [1.29, 1.82) is 0 Å². The van der Waals surface area contributed by atoms with Crippen LogP contribution in [0, 0.1) is 5.92 Å². The fourth-order valence-electron chi connectivity index (χ4n) is 4.92. The van der Waals surface area contributed by atoms with Crippen LogP contribution in [0.4, 0.5) is 0 Å². The average molecular weight is 412 g/mol. The monoisotopic (exact) mass is 411 g/mol. The molecule has 1 atom stereocenters. The summed E-state index contributed by atoms with van der Waals surface area (Å²) < 4.78 is 6.25. The van der Waals surface area contributed by atoms with Crippen molar-refractivity contribution in [3.8, 4) is 0 Å². The molecule has 7 heteroatoms. The summed E-state index contributed by atoms with van der Waals surface area (Å²) in [4.78, 5) is 34.8. The van der Waals surface area contributed by atoms with Crippen molar-refractivity contribution < 1.29 is 14.3 Å². The molecule has 2 fully saturated rings. The molecule has 0 radical (unpaired) electrons. The molecule has 5 heterocycles. The highest BCUT2D eigenvalue weighted by molar-refractivity contribution is 7.10. The van der Waals surface area contributed by atoms with E-state index in [-0.39, 0.29) is 23.3 Å². The van der Waals surface area contributed by atoms with E-state index in [0.29, 0.717) is 32.6 Å². The number of aromatic nitrogens is 1. The molecule has 0 bridgehead atoms. The van der Waals surface area contributed by atoms with E-state index in [0.717, 1.165) is 31.4 Å². The third-order valence-electron chi connectivity index (χ3n) is 6.51. The highest BCUT2D eigenvalue weighted by Gasteiger charge is 2.44. The maximum atomic E-state index is 13.1. The van der Waals surface area contributed by atoms with Crippen molar-refractivity contribution in [3.63, 3.8) is 0 Å². The molecule has 2 saturated heterocycles. The number of pyridine rings is 1. The molecule has 0 aromatic carbocycles. The SMILES string of the molecule is O=C1CC(C(=O)N2CCC3(CC2)OCCc2sccc23)CN1Cc1ccncc1. The van der Waals surface area contributed by atoms with Crippen LogP contribution in [0.3, 0.4) is 0 Å². The Morgan fingerprint density at radius 2 is 2.03 bits per heavy atom. The van der Waals surface area contributed by atoms with Crippen molar-refractivity contribution >= 4 is 23.2 Å². The Labute approximate surface area is 174 Å². The van der Waals surface area contributed by atoms with E-state index < -0.39 is 0 Å². The second kappa shape index (κ2) is 7.54. The lowest BCUT2D eigenvalue weighted by atomic mass is 9.82. The van der Waals surface area contributed by atoms with E-state index in [4.69, 9.17) is 4.74 Å². The molecular weight excluding hydrogens is 386 g/mol. The van der Waals surface area contributed by atoms with Crippen LogP contribution in [-0.2, 0) is 32.9 Å². The highest BCUT2D eigenvalue weighted by Crippen LogP contribution is 2.43. The summed E-state index contributed by atoms with van der Waals surface area (Å²) in [5, 5.41) is 2.15. The van der Waals surface area contributed by atoms with Gasteiger partial charge in [0.1, 0.15) is 0 Å². The summed E-state index contributed by atoms with van der Waals surface area (Å²) in [6, 6.07) is 6.02. The quantitative estimate of drug-likeness (QED) is 0.779. The predicted molar refractivity (Wildman–Crippen MR) is 109 cm³/mol. The maximum Gasteiger partial charge on any atom is 0.227 e. The van der Waals surface area contributed by atoms with Gasteiger partial charge in [-0.05, 0) is 47.5 Å². The number of nitrogens with zero attached hydrogens (tertiary/aromatic N) is 3. The number of carbonyl (C=O) groups excluding carboxylic acids is 2. The molecule has 2 aromatic rings. The van der Waals surface area contributed by atoms with Gasteiger partial charge in [0.05, 0.1) is 18.1 Å². The lowest BCUT2D eigenvalue weighted by Gasteiger charge is -2.44. The van der Waals surface area contributed by atoms with Gasteiger partial charge >= 0.3 is 0 Å². The number of piperidine rings is 1. The lowest BCUT2D eigenvalue weighted by molar-refractivity contribution is -0.144. The molecule has 0 aliphatic carbocycles. The van der Waals surface area contributed by atoms with Crippen LogP contribution in [0.25, 0.3) is 0 Å². The second-order valence-electron chi connectivity index (χ2n) is 8.21. The van der Waals surface area contributed by atoms with Crippen molar-refractivity contribution in [3.05, 3.63) is 52.0 Å². The molecule has 2 aromatic heterocycles.